The van der Waals surface area contributed by atoms with Gasteiger partial charge in [-0.2, -0.15) is 5.10 Å². The van der Waals surface area contributed by atoms with Crippen molar-refractivity contribution in [1.29, 1.82) is 0 Å². The number of methoxy groups -OCH3 is 1. The van der Waals surface area contributed by atoms with Gasteiger partial charge in [-0.05, 0) is 61.0 Å². The average Bonchev–Trinajstić information content (AvgIpc) is 2.66. The number of nitrogens with zero attached hydrogens (tertiary/aromatic N) is 2. The van der Waals surface area contributed by atoms with Crippen molar-refractivity contribution in [2.24, 2.45) is 0 Å². The predicted molar refractivity (Wildman–Crippen MR) is 108 cm³/mol. The van der Waals surface area contributed by atoms with Crippen molar-refractivity contribution < 1.29 is 9.53 Å². The van der Waals surface area contributed by atoms with Gasteiger partial charge in [0.05, 0.1) is 12.8 Å². The third-order valence-electron chi connectivity index (χ3n) is 3.99. The zero-order valence-electron chi connectivity index (χ0n) is 14.9. The first-order valence-electron chi connectivity index (χ1n) is 8.25. The molecule has 3 rings (SSSR count). The molecule has 2 aromatic carbocycles. The molecule has 0 bridgehead atoms. The molecule has 138 valence electrons. The van der Waals surface area contributed by atoms with E-state index < -0.39 is 0 Å². The van der Waals surface area contributed by atoms with Gasteiger partial charge in [-0.1, -0.05) is 15.9 Å². The zero-order chi connectivity index (χ0) is 19.4. The van der Waals surface area contributed by atoms with Crippen LogP contribution in [0.5, 0.6) is 5.75 Å². The van der Waals surface area contributed by atoms with Gasteiger partial charge in [-0.25, -0.2) is 4.68 Å². The van der Waals surface area contributed by atoms with E-state index in [4.69, 9.17) is 4.74 Å². The van der Waals surface area contributed by atoms with Crippen LogP contribution in [0, 0.1) is 6.92 Å². The molecule has 1 aromatic heterocycles. The molecule has 0 saturated carbocycles. The molecule has 0 aliphatic rings. The Balaban J connectivity index is 1.78. The smallest absolute Gasteiger partial charge is 0.267 e. The summed E-state index contributed by atoms with van der Waals surface area (Å²) in [6.45, 7) is 1.77. The fourth-order valence-corrected chi connectivity index (χ4v) is 2.78. The topological polar surface area (TPSA) is 73.2 Å². The standard InChI is InChI=1S/C20H18BrN3O3/c1-13-11-15(5-8-17(13)21)22-19(25)12-24-20(26)10-9-18(23-24)14-3-6-16(27-2)7-4-14/h3-11H,12H2,1-2H3,(H,22,25). The number of benzene rings is 2. The lowest BCUT2D eigenvalue weighted by atomic mass is 10.1. The van der Waals surface area contributed by atoms with E-state index in [1.807, 2.05) is 43.3 Å². The van der Waals surface area contributed by atoms with Crippen LogP contribution in [0.25, 0.3) is 11.3 Å². The second-order valence-electron chi connectivity index (χ2n) is 5.96. The molecule has 1 amide bonds. The number of hydrogen-bond donors (Lipinski definition) is 1. The van der Waals surface area contributed by atoms with Gasteiger partial charge in [0.2, 0.25) is 5.91 Å². The third kappa shape index (κ3) is 4.62. The number of carbonyl (C=O) groups is 1. The lowest BCUT2D eigenvalue weighted by molar-refractivity contribution is -0.117. The Kier molecular flexibility index (Phi) is 5.71. The maximum atomic E-state index is 12.3. The Hall–Kier alpha value is -2.93. The fourth-order valence-electron chi connectivity index (χ4n) is 2.54. The van der Waals surface area contributed by atoms with Crippen LogP contribution in [0.1, 0.15) is 5.56 Å². The lowest BCUT2D eigenvalue weighted by Gasteiger charge is -2.09. The molecule has 0 atom stereocenters. The average molecular weight is 428 g/mol. The summed E-state index contributed by atoms with van der Waals surface area (Å²) in [5, 5.41) is 7.09. The molecular weight excluding hydrogens is 410 g/mol. The van der Waals surface area contributed by atoms with E-state index in [1.54, 1.807) is 19.2 Å². The van der Waals surface area contributed by atoms with Gasteiger partial charge in [0.1, 0.15) is 12.3 Å². The van der Waals surface area contributed by atoms with Gasteiger partial charge in [0.25, 0.3) is 5.56 Å². The SMILES string of the molecule is COc1ccc(-c2ccc(=O)n(CC(=O)Nc3ccc(Br)c(C)c3)n2)cc1. The molecule has 0 unspecified atom stereocenters. The normalized spacial score (nSPS) is 10.5. The molecule has 0 saturated heterocycles. The second kappa shape index (κ2) is 8.18. The molecule has 0 aliphatic heterocycles. The van der Waals surface area contributed by atoms with Gasteiger partial charge in [0, 0.05) is 21.8 Å². The van der Waals surface area contributed by atoms with Crippen LogP contribution in [-0.4, -0.2) is 22.8 Å². The van der Waals surface area contributed by atoms with E-state index in [0.717, 1.165) is 26.0 Å². The van der Waals surface area contributed by atoms with Gasteiger partial charge in [0.15, 0.2) is 0 Å². The highest BCUT2D eigenvalue weighted by atomic mass is 79.9. The van der Waals surface area contributed by atoms with Crippen LogP contribution in [0.15, 0.2) is 63.9 Å². The summed E-state index contributed by atoms with van der Waals surface area (Å²) in [6, 6.07) is 15.9. The molecular formula is C20H18BrN3O3. The van der Waals surface area contributed by atoms with Crippen molar-refractivity contribution in [3.63, 3.8) is 0 Å². The van der Waals surface area contributed by atoms with Crippen LogP contribution < -0.4 is 15.6 Å². The predicted octanol–water partition coefficient (Wildman–Crippen LogP) is 3.63. The molecule has 6 nitrogen and oxygen atoms in total. The minimum atomic E-state index is -0.339. The first kappa shape index (κ1) is 18.8. The van der Waals surface area contributed by atoms with Crippen molar-refractivity contribution >= 4 is 27.5 Å². The Labute approximate surface area is 164 Å². The summed E-state index contributed by atoms with van der Waals surface area (Å²) in [5.41, 5.74) is 2.76. The largest absolute Gasteiger partial charge is 0.497 e. The number of rotatable bonds is 5. The second-order valence-corrected chi connectivity index (χ2v) is 6.81. The van der Waals surface area contributed by atoms with E-state index in [2.05, 4.69) is 26.3 Å². The number of hydrogen-bond acceptors (Lipinski definition) is 4. The molecule has 0 radical (unpaired) electrons. The van der Waals surface area contributed by atoms with Crippen molar-refractivity contribution in [1.82, 2.24) is 9.78 Å². The zero-order valence-corrected chi connectivity index (χ0v) is 16.5. The number of aromatic nitrogens is 2. The van der Waals surface area contributed by atoms with E-state index >= 15 is 0 Å². The monoisotopic (exact) mass is 427 g/mol. The molecule has 0 spiro atoms. The first-order chi connectivity index (χ1) is 13.0. The quantitative estimate of drug-likeness (QED) is 0.674. The summed E-state index contributed by atoms with van der Waals surface area (Å²) in [4.78, 5) is 24.4. The van der Waals surface area contributed by atoms with Crippen molar-refractivity contribution in [2.75, 3.05) is 12.4 Å². The molecule has 0 fully saturated rings. The number of carbonyl (C=O) groups excluding carboxylic acids is 1. The van der Waals surface area contributed by atoms with Gasteiger partial charge in [-0.15, -0.1) is 0 Å². The molecule has 7 heteroatoms. The van der Waals surface area contributed by atoms with Crippen LogP contribution in [-0.2, 0) is 11.3 Å². The molecule has 1 heterocycles. The maximum Gasteiger partial charge on any atom is 0.267 e. The number of nitrogens with one attached hydrogen (secondary N) is 1. The first-order valence-corrected chi connectivity index (χ1v) is 9.04. The van der Waals surface area contributed by atoms with Crippen molar-refractivity contribution in [3.8, 4) is 17.0 Å². The lowest BCUT2D eigenvalue weighted by Crippen LogP contribution is -2.29. The highest BCUT2D eigenvalue weighted by Crippen LogP contribution is 2.21. The number of halogens is 1. The Morgan fingerprint density at radius 3 is 2.56 bits per heavy atom. The minimum absolute atomic E-state index is 0.169. The number of anilines is 1. The van der Waals surface area contributed by atoms with E-state index in [-0.39, 0.29) is 18.0 Å². The highest BCUT2D eigenvalue weighted by Gasteiger charge is 2.09. The maximum absolute atomic E-state index is 12.3. The minimum Gasteiger partial charge on any atom is -0.497 e. The Morgan fingerprint density at radius 2 is 1.89 bits per heavy atom. The fraction of sp³-hybridized carbons (Fsp3) is 0.150. The molecule has 0 aliphatic carbocycles. The Morgan fingerprint density at radius 1 is 1.15 bits per heavy atom. The number of amides is 1. The summed E-state index contributed by atoms with van der Waals surface area (Å²) in [6.07, 6.45) is 0. The van der Waals surface area contributed by atoms with Crippen LogP contribution in [0.3, 0.4) is 0 Å². The summed E-state index contributed by atoms with van der Waals surface area (Å²) >= 11 is 3.42. The summed E-state index contributed by atoms with van der Waals surface area (Å²) < 4.78 is 7.26. The van der Waals surface area contributed by atoms with Crippen LogP contribution in [0.4, 0.5) is 5.69 Å². The molecule has 27 heavy (non-hydrogen) atoms. The number of ether oxygens (including phenoxy) is 1. The third-order valence-corrected chi connectivity index (χ3v) is 4.88. The highest BCUT2D eigenvalue weighted by molar-refractivity contribution is 9.10. The van der Waals surface area contributed by atoms with E-state index in [0.29, 0.717) is 11.4 Å². The van der Waals surface area contributed by atoms with E-state index in [9.17, 15) is 9.59 Å². The van der Waals surface area contributed by atoms with E-state index in [1.165, 1.54) is 6.07 Å². The summed E-state index contributed by atoms with van der Waals surface area (Å²) in [5.74, 6) is 0.412. The molecule has 1 N–H and O–H groups in total. The number of aryl methyl sites for hydroxylation is 1. The van der Waals surface area contributed by atoms with Gasteiger partial charge >= 0.3 is 0 Å². The summed E-state index contributed by atoms with van der Waals surface area (Å²) in [7, 11) is 1.60. The van der Waals surface area contributed by atoms with Gasteiger partial charge < -0.3 is 10.1 Å². The van der Waals surface area contributed by atoms with Gasteiger partial charge in [-0.3, -0.25) is 9.59 Å². The van der Waals surface area contributed by atoms with Crippen LogP contribution >= 0.6 is 15.9 Å². The van der Waals surface area contributed by atoms with Crippen molar-refractivity contribution in [2.45, 2.75) is 13.5 Å². The van der Waals surface area contributed by atoms with Crippen molar-refractivity contribution in [3.05, 3.63) is 75.0 Å². The van der Waals surface area contributed by atoms with Crippen LogP contribution in [0.2, 0.25) is 0 Å². The molecule has 3 aromatic rings. The Bertz CT molecular complexity index is 1030.